The lowest BCUT2D eigenvalue weighted by Gasteiger charge is -2.29. The highest BCUT2D eigenvalue weighted by Crippen LogP contribution is 2.15. The monoisotopic (exact) mass is 253 g/mol. The first-order valence-corrected chi connectivity index (χ1v) is 7.40. The first-order valence-electron chi connectivity index (χ1n) is 7.40. The fraction of sp³-hybridized carbons (Fsp3) is 0.929. The van der Waals surface area contributed by atoms with Crippen molar-refractivity contribution in [3.05, 3.63) is 0 Å². The highest BCUT2D eigenvalue weighted by Gasteiger charge is 2.19. The second-order valence-electron chi connectivity index (χ2n) is 5.97. The Morgan fingerprint density at radius 2 is 2.28 bits per heavy atom. The van der Waals surface area contributed by atoms with Gasteiger partial charge in [0.15, 0.2) is 0 Å². The molecule has 0 aliphatic carbocycles. The first-order chi connectivity index (χ1) is 8.74. The second-order valence-corrected chi connectivity index (χ2v) is 5.97. The minimum Gasteiger partial charge on any atom is -0.356 e. The maximum atomic E-state index is 11.8. The molecule has 0 aromatic carbocycles. The maximum Gasteiger partial charge on any atom is 0.220 e. The van der Waals surface area contributed by atoms with Crippen molar-refractivity contribution in [1.29, 1.82) is 0 Å². The van der Waals surface area contributed by atoms with E-state index in [9.17, 15) is 4.79 Å². The van der Waals surface area contributed by atoms with Gasteiger partial charge >= 0.3 is 0 Å². The summed E-state index contributed by atoms with van der Waals surface area (Å²) in [6.45, 7) is 5.43. The molecule has 4 heteroatoms. The zero-order valence-corrected chi connectivity index (χ0v) is 11.6. The van der Waals surface area contributed by atoms with Crippen LogP contribution in [0.25, 0.3) is 0 Å². The highest BCUT2D eigenvalue weighted by atomic mass is 16.1. The molecule has 2 N–H and O–H groups in total. The van der Waals surface area contributed by atoms with Gasteiger partial charge in [-0.25, -0.2) is 0 Å². The molecule has 0 radical (unpaired) electrons. The summed E-state index contributed by atoms with van der Waals surface area (Å²) in [7, 11) is 2.17. The molecule has 1 amide bonds. The standard InChI is InChI=1S/C14H27N3O/c1-17-8-2-3-13(11-17)10-16-14(18)5-4-12-6-7-15-9-12/h12-13,15H,2-11H2,1H3,(H,16,18). The molecule has 0 saturated carbocycles. The van der Waals surface area contributed by atoms with Crippen molar-refractivity contribution in [2.45, 2.75) is 32.1 Å². The Morgan fingerprint density at radius 1 is 1.39 bits per heavy atom. The number of carbonyl (C=O) groups excluding carboxylic acids is 1. The number of nitrogens with one attached hydrogen (secondary N) is 2. The molecule has 2 rings (SSSR count). The lowest BCUT2D eigenvalue weighted by molar-refractivity contribution is -0.121. The van der Waals surface area contributed by atoms with Gasteiger partial charge in [0.1, 0.15) is 0 Å². The van der Waals surface area contributed by atoms with Gasteiger partial charge in [-0.05, 0) is 64.2 Å². The van der Waals surface area contributed by atoms with E-state index in [0.717, 1.165) is 38.5 Å². The van der Waals surface area contributed by atoms with Crippen LogP contribution in [-0.2, 0) is 4.79 Å². The van der Waals surface area contributed by atoms with Gasteiger partial charge in [0.2, 0.25) is 5.91 Å². The van der Waals surface area contributed by atoms with E-state index in [2.05, 4.69) is 22.6 Å². The van der Waals surface area contributed by atoms with Crippen LogP contribution < -0.4 is 10.6 Å². The number of hydrogen-bond acceptors (Lipinski definition) is 3. The normalized spacial score (nSPS) is 29.4. The van der Waals surface area contributed by atoms with Crippen LogP contribution in [0, 0.1) is 11.8 Å². The molecule has 18 heavy (non-hydrogen) atoms. The molecule has 2 heterocycles. The average Bonchev–Trinajstić information content (AvgIpc) is 2.87. The first kappa shape index (κ1) is 13.8. The SMILES string of the molecule is CN1CCCC(CNC(=O)CCC2CCNC2)C1. The van der Waals surface area contributed by atoms with Gasteiger partial charge in [-0.1, -0.05) is 0 Å². The Kier molecular flexibility index (Phi) is 5.45. The van der Waals surface area contributed by atoms with Gasteiger partial charge in [0, 0.05) is 19.5 Å². The van der Waals surface area contributed by atoms with Crippen LogP contribution in [0.5, 0.6) is 0 Å². The van der Waals surface area contributed by atoms with Crippen LogP contribution in [0.2, 0.25) is 0 Å². The molecule has 2 fully saturated rings. The summed E-state index contributed by atoms with van der Waals surface area (Å²) in [6, 6.07) is 0. The minimum absolute atomic E-state index is 0.245. The van der Waals surface area contributed by atoms with Crippen LogP contribution in [0.3, 0.4) is 0 Å². The van der Waals surface area contributed by atoms with Crippen molar-refractivity contribution in [1.82, 2.24) is 15.5 Å². The van der Waals surface area contributed by atoms with Crippen molar-refractivity contribution in [3.63, 3.8) is 0 Å². The average molecular weight is 253 g/mol. The van der Waals surface area contributed by atoms with Gasteiger partial charge in [0.25, 0.3) is 0 Å². The summed E-state index contributed by atoms with van der Waals surface area (Å²) in [6.07, 6.45) is 5.51. The van der Waals surface area contributed by atoms with Crippen LogP contribution in [0.4, 0.5) is 0 Å². The molecular formula is C14H27N3O. The van der Waals surface area contributed by atoms with E-state index in [4.69, 9.17) is 0 Å². The Labute approximate surface area is 110 Å². The summed E-state index contributed by atoms with van der Waals surface area (Å²) < 4.78 is 0. The fourth-order valence-electron chi connectivity index (χ4n) is 3.08. The van der Waals surface area contributed by atoms with Crippen molar-refractivity contribution in [2.75, 3.05) is 39.8 Å². The van der Waals surface area contributed by atoms with Crippen molar-refractivity contribution in [3.8, 4) is 0 Å². The van der Waals surface area contributed by atoms with E-state index in [1.54, 1.807) is 0 Å². The number of rotatable bonds is 5. The van der Waals surface area contributed by atoms with Crippen molar-refractivity contribution >= 4 is 5.91 Å². The predicted octanol–water partition coefficient (Wildman–Crippen LogP) is 0.834. The summed E-state index contributed by atoms with van der Waals surface area (Å²) in [4.78, 5) is 14.1. The van der Waals surface area contributed by atoms with Gasteiger partial charge in [0.05, 0.1) is 0 Å². The van der Waals surface area contributed by atoms with Crippen LogP contribution in [0.1, 0.15) is 32.1 Å². The number of carbonyl (C=O) groups is 1. The molecule has 2 unspecified atom stereocenters. The quantitative estimate of drug-likeness (QED) is 0.763. The summed E-state index contributed by atoms with van der Waals surface area (Å²) in [5.41, 5.74) is 0. The van der Waals surface area contributed by atoms with E-state index >= 15 is 0 Å². The van der Waals surface area contributed by atoms with E-state index < -0.39 is 0 Å². The van der Waals surface area contributed by atoms with Gasteiger partial charge in [-0.15, -0.1) is 0 Å². The molecule has 0 bridgehead atoms. The van der Waals surface area contributed by atoms with Crippen molar-refractivity contribution in [2.24, 2.45) is 11.8 Å². The summed E-state index contributed by atoms with van der Waals surface area (Å²) in [5, 5.41) is 6.46. The lowest BCUT2D eigenvalue weighted by Crippen LogP contribution is -2.39. The number of piperidine rings is 1. The van der Waals surface area contributed by atoms with E-state index in [-0.39, 0.29) is 5.91 Å². The van der Waals surface area contributed by atoms with E-state index in [0.29, 0.717) is 12.3 Å². The third-order valence-electron chi connectivity index (χ3n) is 4.25. The van der Waals surface area contributed by atoms with Crippen LogP contribution >= 0.6 is 0 Å². The van der Waals surface area contributed by atoms with Gasteiger partial charge in [-0.2, -0.15) is 0 Å². The zero-order chi connectivity index (χ0) is 12.8. The second kappa shape index (κ2) is 7.10. The molecular weight excluding hydrogens is 226 g/mol. The summed E-state index contributed by atoms with van der Waals surface area (Å²) >= 11 is 0. The number of hydrogen-bond donors (Lipinski definition) is 2. The third-order valence-corrected chi connectivity index (χ3v) is 4.25. The zero-order valence-electron chi connectivity index (χ0n) is 11.6. The minimum atomic E-state index is 0.245. The number of nitrogens with zero attached hydrogens (tertiary/aromatic N) is 1. The Morgan fingerprint density at radius 3 is 3.00 bits per heavy atom. The van der Waals surface area contributed by atoms with Crippen LogP contribution in [0.15, 0.2) is 0 Å². The lowest BCUT2D eigenvalue weighted by atomic mass is 9.98. The summed E-state index contributed by atoms with van der Waals surface area (Å²) in [5.74, 6) is 1.62. The number of likely N-dealkylation sites (tertiary alicyclic amines) is 1. The Bertz CT molecular complexity index is 264. The molecule has 2 atom stereocenters. The smallest absolute Gasteiger partial charge is 0.220 e. The fourth-order valence-corrected chi connectivity index (χ4v) is 3.08. The Hall–Kier alpha value is -0.610. The molecule has 2 saturated heterocycles. The van der Waals surface area contributed by atoms with Gasteiger partial charge in [-0.3, -0.25) is 4.79 Å². The molecule has 0 aromatic heterocycles. The maximum absolute atomic E-state index is 11.8. The van der Waals surface area contributed by atoms with Gasteiger partial charge < -0.3 is 15.5 Å². The molecule has 0 aromatic rings. The third kappa shape index (κ3) is 4.58. The van der Waals surface area contributed by atoms with E-state index in [1.807, 2.05) is 0 Å². The van der Waals surface area contributed by atoms with Crippen molar-refractivity contribution < 1.29 is 4.79 Å². The van der Waals surface area contributed by atoms with E-state index in [1.165, 1.54) is 25.8 Å². The highest BCUT2D eigenvalue weighted by molar-refractivity contribution is 5.75. The topological polar surface area (TPSA) is 44.4 Å². The largest absolute Gasteiger partial charge is 0.356 e. The molecule has 2 aliphatic rings. The number of amides is 1. The molecule has 4 nitrogen and oxygen atoms in total. The van der Waals surface area contributed by atoms with Crippen LogP contribution in [-0.4, -0.2) is 50.6 Å². The molecule has 104 valence electrons. The predicted molar refractivity (Wildman–Crippen MR) is 73.4 cm³/mol. The molecule has 2 aliphatic heterocycles. The molecule has 0 spiro atoms. The Balaban J connectivity index is 1.56.